The Kier molecular flexibility index (Phi) is 4.26. The van der Waals surface area contributed by atoms with Crippen LogP contribution in [0.1, 0.15) is 23.8 Å². The van der Waals surface area contributed by atoms with E-state index >= 15 is 0 Å². The van der Waals surface area contributed by atoms with Crippen LogP contribution in [0.15, 0.2) is 12.1 Å². The molecule has 1 aromatic heterocycles. The van der Waals surface area contributed by atoms with Gasteiger partial charge in [0.25, 0.3) is 5.91 Å². The van der Waals surface area contributed by atoms with Gasteiger partial charge in [-0.25, -0.2) is 4.79 Å². The van der Waals surface area contributed by atoms with E-state index in [0.717, 1.165) is 0 Å². The van der Waals surface area contributed by atoms with Crippen molar-refractivity contribution in [2.24, 2.45) is 0 Å². The molecule has 0 radical (unpaired) electrons. The molecule has 1 aliphatic heterocycles. The van der Waals surface area contributed by atoms with Crippen molar-refractivity contribution in [1.29, 1.82) is 0 Å². The standard InChI is InChI=1S/C11H12ClN3O3S/c1-2-9-15(7(5-19-9)11(17)18)10(16)6-3-4-8(12)14-13-6/h3-4,7,9H,2,5H2,1H3,(H,17,18). The molecule has 1 fully saturated rings. The molecule has 2 rings (SSSR count). The summed E-state index contributed by atoms with van der Waals surface area (Å²) >= 11 is 7.08. The molecule has 1 saturated heterocycles. The molecule has 1 aliphatic rings. The van der Waals surface area contributed by atoms with Gasteiger partial charge < -0.3 is 10.0 Å². The Bertz CT molecular complexity index is 496. The van der Waals surface area contributed by atoms with Crippen molar-refractivity contribution in [3.63, 3.8) is 0 Å². The average Bonchev–Trinajstić information content (AvgIpc) is 2.82. The molecule has 1 N–H and O–H groups in total. The third-order valence-corrected chi connectivity index (χ3v) is 4.47. The van der Waals surface area contributed by atoms with Gasteiger partial charge in [0.05, 0.1) is 5.37 Å². The van der Waals surface area contributed by atoms with Crippen molar-refractivity contribution in [1.82, 2.24) is 15.1 Å². The Labute approximate surface area is 119 Å². The summed E-state index contributed by atoms with van der Waals surface area (Å²) in [7, 11) is 0. The number of carboxylic acid groups (broad SMARTS) is 1. The molecule has 2 atom stereocenters. The second-order valence-corrected chi connectivity index (χ2v) is 5.60. The smallest absolute Gasteiger partial charge is 0.327 e. The van der Waals surface area contributed by atoms with Crippen LogP contribution >= 0.6 is 23.4 Å². The summed E-state index contributed by atoms with van der Waals surface area (Å²) in [6, 6.07) is 2.09. The summed E-state index contributed by atoms with van der Waals surface area (Å²) in [6.45, 7) is 1.91. The first-order chi connectivity index (χ1) is 9.04. The van der Waals surface area contributed by atoms with Crippen molar-refractivity contribution < 1.29 is 14.7 Å². The van der Waals surface area contributed by atoms with Gasteiger partial charge in [-0.15, -0.1) is 22.0 Å². The minimum absolute atomic E-state index is 0.108. The van der Waals surface area contributed by atoms with Gasteiger partial charge in [0.15, 0.2) is 10.8 Å². The number of aromatic nitrogens is 2. The first-order valence-electron chi connectivity index (χ1n) is 5.71. The van der Waals surface area contributed by atoms with E-state index in [2.05, 4.69) is 10.2 Å². The number of aliphatic carboxylic acids is 1. The van der Waals surface area contributed by atoms with E-state index in [0.29, 0.717) is 12.2 Å². The highest BCUT2D eigenvalue weighted by Crippen LogP contribution is 2.32. The molecule has 0 aliphatic carbocycles. The van der Waals surface area contributed by atoms with Gasteiger partial charge >= 0.3 is 5.97 Å². The molecule has 19 heavy (non-hydrogen) atoms. The molecule has 1 aromatic rings. The molecule has 6 nitrogen and oxygen atoms in total. The van der Waals surface area contributed by atoms with Crippen LogP contribution < -0.4 is 0 Å². The third-order valence-electron chi connectivity index (χ3n) is 2.81. The summed E-state index contributed by atoms with van der Waals surface area (Å²) in [5.74, 6) is -1.03. The van der Waals surface area contributed by atoms with Gasteiger partial charge in [-0.05, 0) is 18.6 Å². The monoisotopic (exact) mass is 301 g/mol. The van der Waals surface area contributed by atoms with Crippen LogP contribution in [-0.2, 0) is 4.79 Å². The van der Waals surface area contributed by atoms with E-state index < -0.39 is 17.9 Å². The number of hydrogen-bond donors (Lipinski definition) is 1. The number of hydrogen-bond acceptors (Lipinski definition) is 5. The van der Waals surface area contributed by atoms with Gasteiger partial charge in [0.2, 0.25) is 0 Å². The number of carbonyl (C=O) groups excluding carboxylic acids is 1. The molecule has 0 aromatic carbocycles. The lowest BCUT2D eigenvalue weighted by Gasteiger charge is -2.25. The Morgan fingerprint density at radius 1 is 1.53 bits per heavy atom. The highest BCUT2D eigenvalue weighted by atomic mass is 35.5. The Morgan fingerprint density at radius 2 is 2.26 bits per heavy atom. The second kappa shape index (κ2) is 5.75. The van der Waals surface area contributed by atoms with Crippen molar-refractivity contribution in [2.75, 3.05) is 5.75 Å². The number of halogens is 1. The minimum Gasteiger partial charge on any atom is -0.480 e. The van der Waals surface area contributed by atoms with Crippen LogP contribution in [0.2, 0.25) is 5.15 Å². The van der Waals surface area contributed by atoms with E-state index in [-0.39, 0.29) is 16.2 Å². The average molecular weight is 302 g/mol. The molecule has 0 spiro atoms. The molecule has 8 heteroatoms. The van der Waals surface area contributed by atoms with Crippen LogP contribution in [0.25, 0.3) is 0 Å². The highest BCUT2D eigenvalue weighted by Gasteiger charge is 2.41. The lowest BCUT2D eigenvalue weighted by atomic mass is 10.2. The molecule has 0 saturated carbocycles. The zero-order valence-electron chi connectivity index (χ0n) is 10.1. The van der Waals surface area contributed by atoms with E-state index in [4.69, 9.17) is 11.6 Å². The maximum absolute atomic E-state index is 12.3. The van der Waals surface area contributed by atoms with Gasteiger partial charge in [-0.3, -0.25) is 4.79 Å². The fourth-order valence-electron chi connectivity index (χ4n) is 1.90. The summed E-state index contributed by atoms with van der Waals surface area (Å²) in [4.78, 5) is 24.9. The van der Waals surface area contributed by atoms with Crippen LogP contribution in [0.5, 0.6) is 0 Å². The highest BCUT2D eigenvalue weighted by molar-refractivity contribution is 8.00. The third kappa shape index (κ3) is 2.82. The molecule has 1 amide bonds. The number of rotatable bonds is 3. The predicted molar refractivity (Wildman–Crippen MR) is 71.2 cm³/mol. The Morgan fingerprint density at radius 3 is 2.79 bits per heavy atom. The fourth-order valence-corrected chi connectivity index (χ4v) is 3.35. The predicted octanol–water partition coefficient (Wildman–Crippen LogP) is 1.51. The van der Waals surface area contributed by atoms with Crippen LogP contribution in [-0.4, -0.2) is 49.2 Å². The van der Waals surface area contributed by atoms with E-state index in [9.17, 15) is 14.7 Å². The number of carbonyl (C=O) groups is 2. The molecular weight excluding hydrogens is 290 g/mol. The summed E-state index contributed by atoms with van der Waals surface area (Å²) in [5, 5.41) is 16.5. The summed E-state index contributed by atoms with van der Waals surface area (Å²) in [6.07, 6.45) is 0.682. The number of carboxylic acids is 1. The normalized spacial score (nSPS) is 22.5. The molecule has 2 heterocycles. The number of amides is 1. The van der Waals surface area contributed by atoms with Crippen molar-refractivity contribution in [2.45, 2.75) is 24.8 Å². The molecular formula is C11H12ClN3O3S. The van der Waals surface area contributed by atoms with Gasteiger partial charge in [-0.2, -0.15) is 0 Å². The van der Waals surface area contributed by atoms with E-state index in [1.54, 1.807) is 0 Å². The molecule has 102 valence electrons. The zero-order chi connectivity index (χ0) is 14.0. The molecule has 0 bridgehead atoms. The largest absolute Gasteiger partial charge is 0.480 e. The maximum Gasteiger partial charge on any atom is 0.327 e. The SMILES string of the molecule is CCC1SCC(C(=O)O)N1C(=O)c1ccc(Cl)nn1. The molecule has 2 unspecified atom stereocenters. The van der Waals surface area contributed by atoms with Crippen molar-refractivity contribution >= 4 is 35.2 Å². The second-order valence-electron chi connectivity index (χ2n) is 4.00. The fraction of sp³-hybridized carbons (Fsp3) is 0.455. The van der Waals surface area contributed by atoms with Crippen LogP contribution in [0.4, 0.5) is 0 Å². The first kappa shape index (κ1) is 14.1. The van der Waals surface area contributed by atoms with E-state index in [1.165, 1.54) is 28.8 Å². The maximum atomic E-state index is 12.3. The first-order valence-corrected chi connectivity index (χ1v) is 7.13. The van der Waals surface area contributed by atoms with Crippen LogP contribution in [0.3, 0.4) is 0 Å². The van der Waals surface area contributed by atoms with Gasteiger partial charge in [0, 0.05) is 5.75 Å². The minimum atomic E-state index is -1.00. The zero-order valence-corrected chi connectivity index (χ0v) is 11.7. The lowest BCUT2D eigenvalue weighted by molar-refractivity contribution is -0.141. The van der Waals surface area contributed by atoms with Crippen molar-refractivity contribution in [3.05, 3.63) is 23.0 Å². The lowest BCUT2D eigenvalue weighted by Crippen LogP contribution is -2.45. The van der Waals surface area contributed by atoms with Crippen LogP contribution in [0, 0.1) is 0 Å². The Hall–Kier alpha value is -1.34. The quantitative estimate of drug-likeness (QED) is 0.911. The number of nitrogens with zero attached hydrogens (tertiary/aromatic N) is 3. The Balaban J connectivity index is 2.28. The summed E-state index contributed by atoms with van der Waals surface area (Å²) in [5.41, 5.74) is 0.108. The number of thioether (sulfide) groups is 1. The van der Waals surface area contributed by atoms with Gasteiger partial charge in [0.1, 0.15) is 6.04 Å². The summed E-state index contributed by atoms with van der Waals surface area (Å²) < 4.78 is 0. The van der Waals surface area contributed by atoms with Gasteiger partial charge in [-0.1, -0.05) is 18.5 Å². The van der Waals surface area contributed by atoms with Crippen molar-refractivity contribution in [3.8, 4) is 0 Å². The van der Waals surface area contributed by atoms with E-state index in [1.807, 2.05) is 6.92 Å². The topological polar surface area (TPSA) is 83.4 Å².